The number of H-pyrrole nitrogens is 1. The molecule has 21 heavy (non-hydrogen) atoms. The fourth-order valence-electron chi connectivity index (χ4n) is 1.63. The fourth-order valence-corrected chi connectivity index (χ4v) is 1.63. The Hall–Kier alpha value is -3.36. The molecule has 1 aromatic heterocycles. The summed E-state index contributed by atoms with van der Waals surface area (Å²) in [6, 6.07) is 6.63. The van der Waals surface area contributed by atoms with Crippen molar-refractivity contribution >= 4 is 41.6 Å². The summed E-state index contributed by atoms with van der Waals surface area (Å²) in [5.41, 5.74) is 6.06. The Labute approximate surface area is 118 Å². The molecule has 6 N–H and O–H groups in total. The third kappa shape index (κ3) is 3.35. The van der Waals surface area contributed by atoms with Gasteiger partial charge in [-0.05, 0) is 24.3 Å². The van der Waals surface area contributed by atoms with Crippen LogP contribution >= 0.6 is 0 Å². The zero-order valence-electron chi connectivity index (χ0n) is 10.7. The Morgan fingerprint density at radius 3 is 2.29 bits per heavy atom. The molecule has 0 radical (unpaired) electrons. The molecule has 2 aromatic rings. The number of nitrogens with zero attached hydrogens (tertiary/aromatic N) is 1. The molecule has 0 saturated carbocycles. The summed E-state index contributed by atoms with van der Waals surface area (Å²) < 4.78 is 0. The van der Waals surface area contributed by atoms with Gasteiger partial charge in [0.05, 0.1) is 0 Å². The van der Waals surface area contributed by atoms with Gasteiger partial charge in [0, 0.05) is 11.4 Å². The van der Waals surface area contributed by atoms with E-state index < -0.39 is 5.56 Å². The Morgan fingerprint density at radius 1 is 1.05 bits per heavy atom. The van der Waals surface area contributed by atoms with E-state index in [4.69, 9.17) is 5.73 Å². The van der Waals surface area contributed by atoms with Crippen molar-refractivity contribution in [2.75, 3.05) is 21.7 Å². The number of aromatic nitrogens is 2. The highest BCUT2D eigenvalue weighted by Gasteiger charge is 2.10. The van der Waals surface area contributed by atoms with Gasteiger partial charge in [0.25, 0.3) is 5.56 Å². The number of nitrogens with two attached hydrogens (primary N) is 1. The van der Waals surface area contributed by atoms with Gasteiger partial charge in [0.2, 0.25) is 18.8 Å². The lowest BCUT2D eigenvalue weighted by atomic mass is 10.3. The number of benzene rings is 1. The zero-order valence-corrected chi connectivity index (χ0v) is 10.7. The van der Waals surface area contributed by atoms with Crippen LogP contribution in [0.1, 0.15) is 0 Å². The SMILES string of the molecule is Nc1nc(Nc2ccc(NC=O)cc2)c(NC=O)c(=O)[nH]1. The van der Waals surface area contributed by atoms with E-state index in [1.165, 1.54) is 0 Å². The van der Waals surface area contributed by atoms with Crippen LogP contribution in [0, 0.1) is 0 Å². The molecule has 0 unspecified atom stereocenters. The van der Waals surface area contributed by atoms with Crippen molar-refractivity contribution in [3.05, 3.63) is 34.6 Å². The van der Waals surface area contributed by atoms with E-state index in [1.54, 1.807) is 24.3 Å². The zero-order chi connectivity index (χ0) is 15.2. The summed E-state index contributed by atoms with van der Waals surface area (Å²) >= 11 is 0. The number of nitrogens with one attached hydrogen (secondary N) is 4. The molecule has 0 spiro atoms. The van der Waals surface area contributed by atoms with Crippen molar-refractivity contribution in [1.82, 2.24) is 9.97 Å². The van der Waals surface area contributed by atoms with Crippen LogP contribution in [0.5, 0.6) is 0 Å². The lowest BCUT2D eigenvalue weighted by molar-refractivity contribution is -0.106. The summed E-state index contributed by atoms with van der Waals surface area (Å²) in [5.74, 6) is 0.0256. The quantitative estimate of drug-likeness (QED) is 0.482. The summed E-state index contributed by atoms with van der Waals surface area (Å²) in [6.45, 7) is 0. The first-order valence-corrected chi connectivity index (χ1v) is 5.81. The van der Waals surface area contributed by atoms with Gasteiger partial charge >= 0.3 is 0 Å². The van der Waals surface area contributed by atoms with E-state index >= 15 is 0 Å². The second kappa shape index (κ2) is 6.19. The number of carbonyl (C=O) groups is 2. The first kappa shape index (κ1) is 14.1. The maximum atomic E-state index is 11.7. The Balaban J connectivity index is 2.31. The predicted octanol–water partition coefficient (Wildman–Crippen LogP) is 0.232. The number of hydrogen-bond donors (Lipinski definition) is 5. The highest BCUT2D eigenvalue weighted by Crippen LogP contribution is 2.21. The van der Waals surface area contributed by atoms with Gasteiger partial charge in [-0.2, -0.15) is 4.98 Å². The Kier molecular flexibility index (Phi) is 4.14. The summed E-state index contributed by atoms with van der Waals surface area (Å²) in [6.07, 6.45) is 0.929. The standard InChI is InChI=1S/C12H12N6O3/c13-12-17-10(9(15-6-20)11(21)18-12)16-8-3-1-7(2-4-8)14-5-19/h1-6H,(H,14,19)(H,15,20)(H4,13,16,17,18,21). The summed E-state index contributed by atoms with van der Waals surface area (Å²) in [7, 11) is 0. The van der Waals surface area contributed by atoms with E-state index in [0.717, 1.165) is 0 Å². The van der Waals surface area contributed by atoms with Crippen molar-refractivity contribution in [3.8, 4) is 0 Å². The summed E-state index contributed by atoms with van der Waals surface area (Å²) in [4.78, 5) is 38.7. The first-order chi connectivity index (χ1) is 10.1. The molecule has 0 bridgehead atoms. The number of aromatic amines is 1. The highest BCUT2D eigenvalue weighted by molar-refractivity contribution is 5.81. The minimum absolute atomic E-state index is 0.0470. The van der Waals surface area contributed by atoms with Gasteiger partial charge in [-0.25, -0.2) is 0 Å². The van der Waals surface area contributed by atoms with Crippen LogP contribution < -0.4 is 27.2 Å². The van der Waals surface area contributed by atoms with Gasteiger partial charge in [0.15, 0.2) is 11.5 Å². The maximum absolute atomic E-state index is 11.7. The smallest absolute Gasteiger partial charge is 0.278 e. The lowest BCUT2D eigenvalue weighted by Crippen LogP contribution is -2.18. The van der Waals surface area contributed by atoms with E-state index in [9.17, 15) is 14.4 Å². The van der Waals surface area contributed by atoms with Crippen molar-refractivity contribution < 1.29 is 9.59 Å². The van der Waals surface area contributed by atoms with Crippen LogP contribution in [0.4, 0.5) is 28.8 Å². The minimum atomic E-state index is -0.573. The highest BCUT2D eigenvalue weighted by atomic mass is 16.1. The van der Waals surface area contributed by atoms with Crippen LogP contribution in [0.15, 0.2) is 29.1 Å². The van der Waals surface area contributed by atoms with Crippen molar-refractivity contribution in [2.45, 2.75) is 0 Å². The van der Waals surface area contributed by atoms with E-state index in [1.807, 2.05) is 0 Å². The normalized spacial score (nSPS) is 9.71. The van der Waals surface area contributed by atoms with Gasteiger partial charge in [-0.15, -0.1) is 0 Å². The number of amides is 2. The molecule has 0 aliphatic rings. The van der Waals surface area contributed by atoms with Gasteiger partial charge in [0.1, 0.15) is 0 Å². The van der Waals surface area contributed by atoms with Gasteiger partial charge < -0.3 is 21.7 Å². The topological polar surface area (TPSA) is 142 Å². The Bertz CT molecular complexity index is 710. The number of nitrogen functional groups attached to an aromatic ring is 1. The molecule has 108 valence electrons. The third-order valence-corrected chi connectivity index (χ3v) is 2.51. The molecular formula is C12H12N6O3. The summed E-state index contributed by atoms with van der Waals surface area (Å²) in [5, 5.41) is 7.61. The maximum Gasteiger partial charge on any atom is 0.278 e. The number of carbonyl (C=O) groups excluding carboxylic acids is 2. The molecule has 9 heteroatoms. The van der Waals surface area contributed by atoms with E-state index in [0.29, 0.717) is 24.2 Å². The number of anilines is 5. The van der Waals surface area contributed by atoms with Crippen LogP contribution in [0.25, 0.3) is 0 Å². The number of rotatable bonds is 6. The van der Waals surface area contributed by atoms with Crippen LogP contribution in [0.3, 0.4) is 0 Å². The molecular weight excluding hydrogens is 276 g/mol. The molecule has 1 heterocycles. The molecule has 2 amide bonds. The number of hydrogen-bond acceptors (Lipinski definition) is 6. The largest absolute Gasteiger partial charge is 0.369 e. The molecule has 0 fully saturated rings. The fraction of sp³-hybridized carbons (Fsp3) is 0. The predicted molar refractivity (Wildman–Crippen MR) is 78.4 cm³/mol. The van der Waals surface area contributed by atoms with Crippen LogP contribution in [0.2, 0.25) is 0 Å². The molecule has 9 nitrogen and oxygen atoms in total. The van der Waals surface area contributed by atoms with Crippen molar-refractivity contribution in [1.29, 1.82) is 0 Å². The molecule has 1 aromatic carbocycles. The molecule has 2 rings (SSSR count). The van der Waals surface area contributed by atoms with Crippen molar-refractivity contribution in [2.24, 2.45) is 0 Å². The monoisotopic (exact) mass is 288 g/mol. The van der Waals surface area contributed by atoms with Crippen LogP contribution in [-0.2, 0) is 9.59 Å². The average Bonchev–Trinajstić information content (AvgIpc) is 2.45. The second-order valence-electron chi connectivity index (χ2n) is 3.90. The molecule has 0 aliphatic carbocycles. The van der Waals surface area contributed by atoms with Gasteiger partial charge in [-0.1, -0.05) is 0 Å². The van der Waals surface area contributed by atoms with Crippen molar-refractivity contribution in [3.63, 3.8) is 0 Å². The second-order valence-corrected chi connectivity index (χ2v) is 3.90. The van der Waals surface area contributed by atoms with E-state index in [2.05, 4.69) is 25.9 Å². The molecule has 0 atom stereocenters. The minimum Gasteiger partial charge on any atom is -0.369 e. The average molecular weight is 288 g/mol. The lowest BCUT2D eigenvalue weighted by Gasteiger charge is -2.10. The van der Waals surface area contributed by atoms with E-state index in [-0.39, 0.29) is 17.5 Å². The molecule has 0 saturated heterocycles. The molecule has 0 aliphatic heterocycles. The van der Waals surface area contributed by atoms with Gasteiger partial charge in [-0.3, -0.25) is 19.4 Å². The third-order valence-electron chi connectivity index (χ3n) is 2.51. The van der Waals surface area contributed by atoms with Crippen LogP contribution in [-0.4, -0.2) is 22.8 Å². The Morgan fingerprint density at radius 2 is 1.67 bits per heavy atom. The first-order valence-electron chi connectivity index (χ1n) is 5.81.